The summed E-state index contributed by atoms with van der Waals surface area (Å²) in [5, 5.41) is 10.5. The van der Waals surface area contributed by atoms with E-state index in [2.05, 4.69) is 0 Å². The van der Waals surface area contributed by atoms with Crippen LogP contribution in [0, 0.1) is 10.1 Å². The summed E-state index contributed by atoms with van der Waals surface area (Å²) < 4.78 is 0. The van der Waals surface area contributed by atoms with Gasteiger partial charge in [0.05, 0.1) is 4.92 Å². The summed E-state index contributed by atoms with van der Waals surface area (Å²) in [7, 11) is 0. The van der Waals surface area contributed by atoms with E-state index < -0.39 is 4.92 Å². The maximum Gasteiger partial charge on any atom is 0.270 e. The van der Waals surface area contributed by atoms with Crippen LogP contribution in [0.3, 0.4) is 0 Å². The maximum absolute atomic E-state index is 10.5. The summed E-state index contributed by atoms with van der Waals surface area (Å²) in [4.78, 5) is 10.1. The minimum absolute atomic E-state index is 0.120. The molecular formula is C9H10ClNO2. The minimum Gasteiger partial charge on any atom is -0.258 e. The van der Waals surface area contributed by atoms with Crippen LogP contribution in [0.1, 0.15) is 18.1 Å². The summed E-state index contributed by atoms with van der Waals surface area (Å²) >= 11 is 5.61. The first-order chi connectivity index (χ1) is 6.17. The van der Waals surface area contributed by atoms with Crippen molar-refractivity contribution in [2.24, 2.45) is 0 Å². The first-order valence-corrected chi connectivity index (χ1v) is 4.54. The minimum atomic E-state index is -0.394. The molecule has 0 spiro atoms. The Labute approximate surface area is 81.5 Å². The van der Waals surface area contributed by atoms with Gasteiger partial charge in [-0.25, -0.2) is 0 Å². The van der Waals surface area contributed by atoms with Gasteiger partial charge in [0, 0.05) is 18.0 Å². The zero-order chi connectivity index (χ0) is 9.84. The molecule has 13 heavy (non-hydrogen) atoms. The monoisotopic (exact) mass is 199 g/mol. The summed E-state index contributed by atoms with van der Waals surface area (Å²) in [6, 6.07) is 4.97. The number of halogens is 1. The molecule has 1 aromatic rings. The molecule has 0 fully saturated rings. The van der Waals surface area contributed by atoms with Crippen LogP contribution >= 0.6 is 11.6 Å². The normalized spacial score (nSPS) is 10.0. The van der Waals surface area contributed by atoms with Gasteiger partial charge in [-0.15, -0.1) is 11.6 Å². The molecule has 0 heterocycles. The van der Waals surface area contributed by atoms with Gasteiger partial charge >= 0.3 is 0 Å². The molecular weight excluding hydrogens is 190 g/mol. The van der Waals surface area contributed by atoms with Crippen molar-refractivity contribution in [3.8, 4) is 0 Å². The molecule has 0 saturated heterocycles. The third kappa shape index (κ3) is 2.42. The topological polar surface area (TPSA) is 43.1 Å². The van der Waals surface area contributed by atoms with Crippen molar-refractivity contribution in [3.05, 3.63) is 39.4 Å². The van der Waals surface area contributed by atoms with Crippen LogP contribution in [-0.2, 0) is 12.3 Å². The first kappa shape index (κ1) is 9.99. The largest absolute Gasteiger partial charge is 0.270 e. The maximum atomic E-state index is 10.5. The molecule has 0 amide bonds. The quantitative estimate of drug-likeness (QED) is 0.427. The van der Waals surface area contributed by atoms with Gasteiger partial charge in [-0.3, -0.25) is 10.1 Å². The van der Waals surface area contributed by atoms with Gasteiger partial charge in [0.25, 0.3) is 5.69 Å². The predicted octanol–water partition coefficient (Wildman–Crippen LogP) is 2.90. The van der Waals surface area contributed by atoms with E-state index >= 15 is 0 Å². The number of non-ortho nitro benzene ring substituents is 1. The Balaban J connectivity index is 3.14. The average Bonchev–Trinajstić information content (AvgIpc) is 2.16. The van der Waals surface area contributed by atoms with E-state index in [1.165, 1.54) is 6.07 Å². The molecule has 0 aromatic heterocycles. The molecule has 0 aliphatic heterocycles. The fourth-order valence-corrected chi connectivity index (χ4v) is 1.28. The van der Waals surface area contributed by atoms with Crippen molar-refractivity contribution >= 4 is 17.3 Å². The second kappa shape index (κ2) is 4.23. The lowest BCUT2D eigenvalue weighted by atomic mass is 10.1. The Kier molecular flexibility index (Phi) is 3.25. The van der Waals surface area contributed by atoms with Gasteiger partial charge in [-0.1, -0.05) is 13.0 Å². The van der Waals surface area contributed by atoms with Crippen LogP contribution in [0.25, 0.3) is 0 Å². The van der Waals surface area contributed by atoms with E-state index in [9.17, 15) is 10.1 Å². The van der Waals surface area contributed by atoms with E-state index in [4.69, 9.17) is 11.6 Å². The fourth-order valence-electron chi connectivity index (χ4n) is 1.13. The zero-order valence-electron chi connectivity index (χ0n) is 7.29. The van der Waals surface area contributed by atoms with E-state index in [-0.39, 0.29) is 5.69 Å². The van der Waals surface area contributed by atoms with Crippen molar-refractivity contribution in [2.45, 2.75) is 19.2 Å². The molecule has 0 unspecified atom stereocenters. The zero-order valence-corrected chi connectivity index (χ0v) is 8.04. The highest BCUT2D eigenvalue weighted by Gasteiger charge is 2.07. The van der Waals surface area contributed by atoms with Crippen molar-refractivity contribution in [1.29, 1.82) is 0 Å². The lowest BCUT2D eigenvalue weighted by Crippen LogP contribution is -1.92. The van der Waals surface area contributed by atoms with E-state index in [1.54, 1.807) is 6.07 Å². The number of nitrogens with zero attached hydrogens (tertiary/aromatic N) is 1. The summed E-state index contributed by atoms with van der Waals surface area (Å²) in [6.07, 6.45) is 0.783. The molecule has 0 bridgehead atoms. The number of nitro benzene ring substituents is 1. The molecule has 0 aliphatic carbocycles. The highest BCUT2D eigenvalue weighted by molar-refractivity contribution is 6.17. The smallest absolute Gasteiger partial charge is 0.258 e. The van der Waals surface area contributed by atoms with Crippen molar-refractivity contribution in [1.82, 2.24) is 0 Å². The Morgan fingerprint density at radius 2 is 2.00 bits per heavy atom. The van der Waals surface area contributed by atoms with Gasteiger partial charge < -0.3 is 0 Å². The molecule has 3 nitrogen and oxygen atoms in total. The fraction of sp³-hybridized carbons (Fsp3) is 0.333. The van der Waals surface area contributed by atoms with E-state index in [1.807, 2.05) is 13.0 Å². The standard InChI is InChI=1S/C9H10ClNO2/c1-2-7-3-8(6-10)5-9(4-7)11(12)13/h3-5H,2,6H2,1H3. The van der Waals surface area contributed by atoms with Gasteiger partial charge in [0.2, 0.25) is 0 Å². The van der Waals surface area contributed by atoms with Gasteiger partial charge in [0.1, 0.15) is 0 Å². The summed E-state index contributed by atoms with van der Waals surface area (Å²) in [6.45, 7) is 1.96. The molecule has 70 valence electrons. The molecule has 0 saturated carbocycles. The van der Waals surface area contributed by atoms with Crippen LogP contribution in [0.2, 0.25) is 0 Å². The van der Waals surface area contributed by atoms with Crippen LogP contribution in [0.4, 0.5) is 5.69 Å². The van der Waals surface area contributed by atoms with E-state index in [0.717, 1.165) is 17.5 Å². The number of aryl methyl sites for hydroxylation is 1. The second-order valence-electron chi connectivity index (χ2n) is 2.75. The molecule has 1 aromatic carbocycles. The molecule has 4 heteroatoms. The molecule has 0 N–H and O–H groups in total. The van der Waals surface area contributed by atoms with Gasteiger partial charge in [0.15, 0.2) is 0 Å². The van der Waals surface area contributed by atoms with Crippen LogP contribution in [0.15, 0.2) is 18.2 Å². The SMILES string of the molecule is CCc1cc(CCl)cc([N+](=O)[O-])c1. The number of hydrogen-bond acceptors (Lipinski definition) is 2. The average molecular weight is 200 g/mol. The van der Waals surface area contributed by atoms with Crippen molar-refractivity contribution in [3.63, 3.8) is 0 Å². The lowest BCUT2D eigenvalue weighted by Gasteiger charge is -2.00. The van der Waals surface area contributed by atoms with Crippen LogP contribution in [-0.4, -0.2) is 4.92 Å². The highest BCUT2D eigenvalue weighted by atomic mass is 35.5. The summed E-state index contributed by atoms with van der Waals surface area (Å²) in [5.41, 5.74) is 1.87. The highest BCUT2D eigenvalue weighted by Crippen LogP contribution is 2.18. The van der Waals surface area contributed by atoms with E-state index in [0.29, 0.717) is 5.88 Å². The Morgan fingerprint density at radius 1 is 1.38 bits per heavy atom. The number of alkyl halides is 1. The molecule has 0 atom stereocenters. The Bertz CT molecular complexity index is 303. The lowest BCUT2D eigenvalue weighted by molar-refractivity contribution is -0.385. The number of rotatable bonds is 3. The van der Waals surface area contributed by atoms with Crippen LogP contribution in [0.5, 0.6) is 0 Å². The third-order valence-electron chi connectivity index (χ3n) is 1.81. The van der Waals surface area contributed by atoms with Gasteiger partial charge in [-0.2, -0.15) is 0 Å². The third-order valence-corrected chi connectivity index (χ3v) is 2.12. The Morgan fingerprint density at radius 3 is 2.46 bits per heavy atom. The summed E-state index contributed by atoms with van der Waals surface area (Å²) in [5.74, 6) is 0.314. The molecule has 1 rings (SSSR count). The molecule has 0 radical (unpaired) electrons. The predicted molar refractivity (Wildman–Crippen MR) is 52.0 cm³/mol. The van der Waals surface area contributed by atoms with Crippen molar-refractivity contribution < 1.29 is 4.92 Å². The van der Waals surface area contributed by atoms with Gasteiger partial charge in [-0.05, 0) is 17.5 Å². The van der Waals surface area contributed by atoms with Crippen LogP contribution < -0.4 is 0 Å². The second-order valence-corrected chi connectivity index (χ2v) is 3.02. The number of nitro groups is 1. The molecule has 0 aliphatic rings. The Hall–Kier alpha value is -1.09. The number of hydrogen-bond donors (Lipinski definition) is 0. The van der Waals surface area contributed by atoms with Crippen molar-refractivity contribution in [2.75, 3.05) is 0 Å². The number of benzene rings is 1. The first-order valence-electron chi connectivity index (χ1n) is 4.00.